The molecule has 1 aromatic carbocycles. The molecule has 1 amide bonds. The van der Waals surface area contributed by atoms with Gasteiger partial charge in [-0.25, -0.2) is 4.98 Å². The van der Waals surface area contributed by atoms with E-state index < -0.39 is 0 Å². The fraction of sp³-hybridized carbons (Fsp3) is 0.435. The molecule has 0 bridgehead atoms. The van der Waals surface area contributed by atoms with Crippen LogP contribution in [-0.2, 0) is 16.8 Å². The Kier molecular flexibility index (Phi) is 6.22. The average molecular weight is 440 g/mol. The van der Waals surface area contributed by atoms with Gasteiger partial charge in [-0.15, -0.1) is 11.3 Å². The Hall–Kier alpha value is -2.55. The molecule has 0 spiro atoms. The summed E-state index contributed by atoms with van der Waals surface area (Å²) in [6.45, 7) is 10.9. The Balaban J connectivity index is 1.25. The molecule has 8 heteroatoms. The number of hydrogen-bond acceptors (Lipinski definition) is 6. The van der Waals surface area contributed by atoms with E-state index in [2.05, 4.69) is 53.0 Å². The number of aromatic nitrogens is 2. The van der Waals surface area contributed by atoms with Gasteiger partial charge in [0.1, 0.15) is 0 Å². The monoisotopic (exact) mass is 439 g/mol. The fourth-order valence-corrected chi connectivity index (χ4v) is 4.50. The molecule has 2 aromatic heterocycles. The van der Waals surface area contributed by atoms with Crippen molar-refractivity contribution in [3.63, 3.8) is 0 Å². The molecule has 0 unspecified atom stereocenters. The highest BCUT2D eigenvalue weighted by molar-refractivity contribution is 7.15. The first kappa shape index (κ1) is 21.7. The van der Waals surface area contributed by atoms with E-state index in [1.807, 2.05) is 17.5 Å². The Morgan fingerprint density at radius 2 is 1.77 bits per heavy atom. The molecule has 0 saturated carbocycles. The second kappa shape index (κ2) is 8.90. The zero-order valence-electron chi connectivity index (χ0n) is 18.3. The van der Waals surface area contributed by atoms with Crippen LogP contribution >= 0.6 is 11.3 Å². The fourth-order valence-electron chi connectivity index (χ4n) is 3.76. The van der Waals surface area contributed by atoms with Crippen molar-refractivity contribution in [3.05, 3.63) is 63.5 Å². The normalized spacial score (nSPS) is 16.0. The van der Waals surface area contributed by atoms with E-state index in [9.17, 15) is 9.59 Å². The molecule has 0 radical (unpaired) electrons. The first-order chi connectivity index (χ1) is 14.8. The molecular formula is C23H29N5O2S. The highest BCUT2D eigenvalue weighted by Crippen LogP contribution is 2.23. The third-order valence-electron chi connectivity index (χ3n) is 5.61. The third-order valence-corrected chi connectivity index (χ3v) is 6.37. The van der Waals surface area contributed by atoms with Gasteiger partial charge >= 0.3 is 0 Å². The van der Waals surface area contributed by atoms with Crippen LogP contribution in [0.1, 0.15) is 32.0 Å². The maximum atomic E-state index is 12.5. The molecule has 0 aliphatic carbocycles. The van der Waals surface area contributed by atoms with E-state index >= 15 is 0 Å². The minimum absolute atomic E-state index is 0.00907. The summed E-state index contributed by atoms with van der Waals surface area (Å²) in [4.78, 5) is 34.4. The Bertz CT molecular complexity index is 1110. The lowest BCUT2D eigenvalue weighted by Crippen LogP contribution is -2.48. The lowest BCUT2D eigenvalue weighted by atomic mass is 9.87. The lowest BCUT2D eigenvalue weighted by molar-refractivity contribution is -0.117. The van der Waals surface area contributed by atoms with Crippen molar-refractivity contribution < 1.29 is 4.79 Å². The van der Waals surface area contributed by atoms with Crippen LogP contribution in [0.15, 0.2) is 46.7 Å². The van der Waals surface area contributed by atoms with Crippen LogP contribution in [0.3, 0.4) is 0 Å². The minimum Gasteiger partial charge on any atom is -0.325 e. The number of benzene rings is 1. The summed E-state index contributed by atoms with van der Waals surface area (Å²) in [5.41, 5.74) is 2.95. The predicted octanol–water partition coefficient (Wildman–Crippen LogP) is 2.81. The number of fused-ring (bicyclic) bond motifs is 1. The van der Waals surface area contributed by atoms with Crippen LogP contribution in [0.2, 0.25) is 0 Å². The number of thiazole rings is 1. The number of rotatable bonds is 5. The number of nitrogens with zero attached hydrogens (tertiary/aromatic N) is 4. The topological polar surface area (TPSA) is 70.0 Å². The molecule has 1 aliphatic heterocycles. The van der Waals surface area contributed by atoms with E-state index in [0.29, 0.717) is 13.1 Å². The van der Waals surface area contributed by atoms with Crippen molar-refractivity contribution in [1.29, 1.82) is 0 Å². The van der Waals surface area contributed by atoms with Gasteiger partial charge in [0.25, 0.3) is 5.56 Å². The maximum Gasteiger partial charge on any atom is 0.258 e. The first-order valence-electron chi connectivity index (χ1n) is 10.6. The molecule has 3 heterocycles. The molecule has 1 N–H and O–H groups in total. The zero-order chi connectivity index (χ0) is 22.0. The van der Waals surface area contributed by atoms with Gasteiger partial charge in [-0.1, -0.05) is 32.9 Å². The standard InChI is InChI=1S/C23H29N5O2S/c1-23(2,3)17-4-6-18(7-5-17)24-20(29)16-27-10-8-26(9-11-27)15-19-14-21(30)28-12-13-31-22(28)25-19/h4-7,12-14H,8-11,15-16H2,1-3H3,(H,24,29). The average Bonchev–Trinajstić information content (AvgIpc) is 3.18. The summed E-state index contributed by atoms with van der Waals surface area (Å²) in [7, 11) is 0. The number of anilines is 1. The van der Waals surface area contributed by atoms with Gasteiger partial charge in [0.2, 0.25) is 5.91 Å². The maximum absolute atomic E-state index is 12.5. The number of carbonyl (C=O) groups excluding carboxylic acids is 1. The van der Waals surface area contributed by atoms with Gasteiger partial charge in [0, 0.05) is 56.1 Å². The molecule has 31 heavy (non-hydrogen) atoms. The Labute approximate surface area is 186 Å². The van der Waals surface area contributed by atoms with E-state index in [-0.39, 0.29) is 16.9 Å². The SMILES string of the molecule is CC(C)(C)c1ccc(NC(=O)CN2CCN(Cc3cc(=O)n4ccsc4n3)CC2)cc1. The third kappa shape index (κ3) is 5.39. The van der Waals surface area contributed by atoms with Gasteiger partial charge < -0.3 is 5.32 Å². The van der Waals surface area contributed by atoms with Crippen molar-refractivity contribution in [3.8, 4) is 0 Å². The zero-order valence-corrected chi connectivity index (χ0v) is 19.1. The van der Waals surface area contributed by atoms with Crippen molar-refractivity contribution >= 4 is 27.9 Å². The van der Waals surface area contributed by atoms with Crippen LogP contribution in [0, 0.1) is 0 Å². The molecule has 0 atom stereocenters. The molecular weight excluding hydrogens is 410 g/mol. The number of carbonyl (C=O) groups is 1. The number of amides is 1. The molecule has 4 rings (SSSR count). The first-order valence-corrected chi connectivity index (χ1v) is 11.5. The highest BCUT2D eigenvalue weighted by Gasteiger charge is 2.20. The summed E-state index contributed by atoms with van der Waals surface area (Å²) in [6.07, 6.45) is 1.75. The lowest BCUT2D eigenvalue weighted by Gasteiger charge is -2.34. The van der Waals surface area contributed by atoms with Crippen molar-refractivity contribution in [2.45, 2.75) is 32.7 Å². The number of hydrogen-bond donors (Lipinski definition) is 1. The number of nitrogens with one attached hydrogen (secondary N) is 1. The molecule has 1 fully saturated rings. The van der Waals surface area contributed by atoms with Gasteiger partial charge in [-0.05, 0) is 23.1 Å². The van der Waals surface area contributed by atoms with Crippen LogP contribution in [-0.4, -0.2) is 57.8 Å². The van der Waals surface area contributed by atoms with Crippen molar-refractivity contribution in [2.24, 2.45) is 0 Å². The van der Waals surface area contributed by atoms with Gasteiger partial charge in [-0.3, -0.25) is 23.8 Å². The summed E-state index contributed by atoms with van der Waals surface area (Å²) >= 11 is 1.47. The number of piperazine rings is 1. The van der Waals surface area contributed by atoms with Crippen LogP contribution < -0.4 is 10.9 Å². The van der Waals surface area contributed by atoms with Crippen molar-refractivity contribution in [2.75, 3.05) is 38.0 Å². The highest BCUT2D eigenvalue weighted by atomic mass is 32.1. The Morgan fingerprint density at radius 1 is 1.10 bits per heavy atom. The van der Waals surface area contributed by atoms with Crippen LogP contribution in [0.25, 0.3) is 4.96 Å². The van der Waals surface area contributed by atoms with Gasteiger partial charge in [0.05, 0.1) is 12.2 Å². The second-order valence-electron chi connectivity index (χ2n) is 9.07. The van der Waals surface area contributed by atoms with E-state index in [1.54, 1.807) is 16.7 Å². The van der Waals surface area contributed by atoms with Crippen molar-refractivity contribution in [1.82, 2.24) is 19.2 Å². The predicted molar refractivity (Wildman–Crippen MR) is 125 cm³/mol. The molecule has 1 saturated heterocycles. The Morgan fingerprint density at radius 3 is 2.45 bits per heavy atom. The van der Waals surface area contributed by atoms with Crippen LogP contribution in [0.5, 0.6) is 0 Å². The quantitative estimate of drug-likeness (QED) is 0.662. The summed E-state index contributed by atoms with van der Waals surface area (Å²) in [5.74, 6) is 0.00907. The van der Waals surface area contributed by atoms with E-state index in [1.165, 1.54) is 16.9 Å². The smallest absolute Gasteiger partial charge is 0.258 e. The summed E-state index contributed by atoms with van der Waals surface area (Å²) in [5, 5.41) is 4.87. The van der Waals surface area contributed by atoms with Gasteiger partial charge in [-0.2, -0.15) is 0 Å². The molecule has 1 aliphatic rings. The molecule has 7 nitrogen and oxygen atoms in total. The molecule has 3 aromatic rings. The summed E-state index contributed by atoms with van der Waals surface area (Å²) in [6, 6.07) is 9.70. The van der Waals surface area contributed by atoms with E-state index in [0.717, 1.165) is 42.5 Å². The minimum atomic E-state index is -0.0351. The summed E-state index contributed by atoms with van der Waals surface area (Å²) < 4.78 is 1.57. The van der Waals surface area contributed by atoms with Gasteiger partial charge in [0.15, 0.2) is 4.96 Å². The largest absolute Gasteiger partial charge is 0.325 e. The van der Waals surface area contributed by atoms with Crippen LogP contribution in [0.4, 0.5) is 5.69 Å². The van der Waals surface area contributed by atoms with E-state index in [4.69, 9.17) is 0 Å². The second-order valence-corrected chi connectivity index (χ2v) is 9.94. The molecule has 164 valence electrons.